The minimum Gasteiger partial charge on any atom is -0.475 e. The third-order valence-corrected chi connectivity index (χ3v) is 5.07. The van der Waals surface area contributed by atoms with Crippen molar-refractivity contribution >= 4 is 39.0 Å². The van der Waals surface area contributed by atoms with Crippen LogP contribution in [0.15, 0.2) is 11.8 Å². The van der Waals surface area contributed by atoms with Crippen LogP contribution in [-0.4, -0.2) is 114 Å². The van der Waals surface area contributed by atoms with Crippen LogP contribution in [0.5, 0.6) is 0 Å². The van der Waals surface area contributed by atoms with E-state index in [-0.39, 0.29) is 12.7 Å². The molecule has 0 aromatic heterocycles. The second-order valence-electron chi connectivity index (χ2n) is 6.76. The molecule has 0 aromatic rings. The van der Waals surface area contributed by atoms with Gasteiger partial charge in [-0.1, -0.05) is 6.92 Å². The van der Waals surface area contributed by atoms with Crippen molar-refractivity contribution in [2.45, 2.75) is 56.2 Å². The third-order valence-electron chi connectivity index (χ3n) is 4.17. The molecule has 1 aliphatic heterocycles. The Kier molecular flexibility index (Phi) is 11.1. The van der Waals surface area contributed by atoms with Crippen molar-refractivity contribution in [3.8, 4) is 0 Å². The molecular formula is C15H23NO17S2. The number of rotatable bonds is 14. The van der Waals surface area contributed by atoms with Crippen LogP contribution < -0.4 is 5.32 Å². The van der Waals surface area contributed by atoms with Crippen LogP contribution in [0.2, 0.25) is 0 Å². The summed E-state index contributed by atoms with van der Waals surface area (Å²) in [4.78, 5) is 34.3. The Balaban J connectivity index is 3.39. The number of amides is 1. The summed E-state index contributed by atoms with van der Waals surface area (Å²) in [7, 11) is -10.5. The maximum Gasteiger partial charge on any atom is 0.397 e. The predicted molar refractivity (Wildman–Crippen MR) is 106 cm³/mol. The minimum absolute atomic E-state index is 0.0176. The summed E-state index contributed by atoms with van der Waals surface area (Å²) in [6.07, 6.45) is -13.4. The van der Waals surface area contributed by atoms with E-state index in [1.807, 2.05) is 5.32 Å². The van der Waals surface area contributed by atoms with Crippen molar-refractivity contribution in [2.24, 2.45) is 0 Å². The van der Waals surface area contributed by atoms with Gasteiger partial charge in [0.2, 0.25) is 18.0 Å². The highest BCUT2D eigenvalue weighted by Crippen LogP contribution is 2.26. The molecule has 1 amide bonds. The first-order valence-electron chi connectivity index (χ1n) is 9.32. The average molecular weight is 553 g/mol. The minimum atomic E-state index is -5.35. The van der Waals surface area contributed by atoms with Gasteiger partial charge in [-0.15, -0.1) is 0 Å². The molecule has 7 N–H and O–H groups in total. The molecule has 0 spiro atoms. The lowest BCUT2D eigenvalue weighted by Crippen LogP contribution is -2.58. The lowest BCUT2D eigenvalue weighted by atomic mass is 10.0. The lowest BCUT2D eigenvalue weighted by molar-refractivity contribution is -0.251. The smallest absolute Gasteiger partial charge is 0.397 e. The molecule has 7 unspecified atom stereocenters. The first-order valence-corrected chi connectivity index (χ1v) is 12.1. The second-order valence-corrected chi connectivity index (χ2v) is 8.89. The van der Waals surface area contributed by atoms with Gasteiger partial charge in [-0.2, -0.15) is 16.8 Å². The number of carboxylic acids is 1. The maximum absolute atomic E-state index is 11.6. The largest absolute Gasteiger partial charge is 0.475 e. The Morgan fingerprint density at radius 3 is 2.26 bits per heavy atom. The molecule has 0 fully saturated rings. The number of hydrogen-bond acceptors (Lipinski definition) is 14. The van der Waals surface area contributed by atoms with E-state index in [9.17, 15) is 46.5 Å². The molecule has 18 nitrogen and oxygen atoms in total. The number of ether oxygens (including phenoxy) is 2. The number of nitrogens with one attached hydrogen (secondary N) is 1. The first kappa shape index (κ1) is 30.8. The molecular weight excluding hydrogens is 530 g/mol. The van der Waals surface area contributed by atoms with E-state index in [0.29, 0.717) is 6.08 Å². The van der Waals surface area contributed by atoms with Gasteiger partial charge in [0.25, 0.3) is 0 Å². The number of hydrogen-bond donors (Lipinski definition) is 7. The zero-order valence-corrected chi connectivity index (χ0v) is 19.2. The van der Waals surface area contributed by atoms with E-state index < -0.39 is 87.9 Å². The number of carbonyl (C=O) groups excluding carboxylic acids is 2. The summed E-state index contributed by atoms with van der Waals surface area (Å²) in [6, 6.07) is -1.85. The fraction of sp³-hybridized carbons (Fsp3) is 0.667. The number of aliphatic hydroxyl groups excluding tert-OH is 3. The quantitative estimate of drug-likeness (QED) is 0.0793. The fourth-order valence-corrected chi connectivity index (χ4v) is 3.41. The maximum atomic E-state index is 11.6. The summed E-state index contributed by atoms with van der Waals surface area (Å²) in [6.45, 7) is 0.0230. The molecule has 0 saturated heterocycles. The molecule has 0 aromatic carbocycles. The molecule has 202 valence electrons. The molecule has 0 aliphatic carbocycles. The number of aliphatic carboxylic acids is 1. The Morgan fingerprint density at radius 2 is 1.80 bits per heavy atom. The van der Waals surface area contributed by atoms with E-state index in [2.05, 4.69) is 8.37 Å². The van der Waals surface area contributed by atoms with Crippen LogP contribution >= 0.6 is 0 Å². The van der Waals surface area contributed by atoms with E-state index in [1.165, 1.54) is 6.92 Å². The Morgan fingerprint density at radius 1 is 1.20 bits per heavy atom. The van der Waals surface area contributed by atoms with Crippen molar-refractivity contribution < 1.29 is 78.6 Å². The normalized spacial score (nSPS) is 24.3. The molecule has 1 aliphatic rings. The zero-order chi connectivity index (χ0) is 27.1. The number of carbonyl (C=O) groups is 3. The molecule has 0 radical (unpaired) electrons. The molecule has 0 bridgehead atoms. The van der Waals surface area contributed by atoms with E-state index in [4.69, 9.17) is 23.7 Å². The summed E-state index contributed by atoms with van der Waals surface area (Å²) >= 11 is 0. The SMILES string of the molecule is CCC(=O)NC(C=O)C(O)C(OC1OC(C(=O)O)=CC(O)C1OS(=O)(=O)O)C(O)COS(=O)(=O)O. The van der Waals surface area contributed by atoms with Crippen molar-refractivity contribution in [3.05, 3.63) is 11.8 Å². The van der Waals surface area contributed by atoms with Crippen molar-refractivity contribution in [1.82, 2.24) is 5.32 Å². The Hall–Kier alpha value is -2.27. The number of aldehydes is 1. The van der Waals surface area contributed by atoms with Gasteiger partial charge in [0.15, 0.2) is 6.10 Å². The molecule has 0 saturated carbocycles. The second kappa shape index (κ2) is 12.6. The monoisotopic (exact) mass is 553 g/mol. The molecule has 1 heterocycles. The predicted octanol–water partition coefficient (Wildman–Crippen LogP) is -4.12. The van der Waals surface area contributed by atoms with Gasteiger partial charge in [0, 0.05) is 6.42 Å². The van der Waals surface area contributed by atoms with Gasteiger partial charge >= 0.3 is 26.8 Å². The van der Waals surface area contributed by atoms with Crippen molar-refractivity contribution in [1.29, 1.82) is 0 Å². The molecule has 1 rings (SSSR count). The highest BCUT2D eigenvalue weighted by molar-refractivity contribution is 7.81. The Bertz CT molecular complexity index is 1010. The van der Waals surface area contributed by atoms with Gasteiger partial charge in [0.1, 0.15) is 36.7 Å². The lowest BCUT2D eigenvalue weighted by Gasteiger charge is -2.37. The van der Waals surface area contributed by atoms with Gasteiger partial charge < -0.3 is 40.0 Å². The van der Waals surface area contributed by atoms with Crippen LogP contribution in [-0.2, 0) is 53.0 Å². The molecule has 35 heavy (non-hydrogen) atoms. The van der Waals surface area contributed by atoms with Gasteiger partial charge in [-0.3, -0.25) is 13.9 Å². The Labute approximate surface area is 197 Å². The summed E-state index contributed by atoms with van der Waals surface area (Å²) in [5.41, 5.74) is 0. The van der Waals surface area contributed by atoms with Crippen LogP contribution in [0.1, 0.15) is 13.3 Å². The van der Waals surface area contributed by atoms with Crippen LogP contribution in [0, 0.1) is 0 Å². The third kappa shape index (κ3) is 10.1. The average Bonchev–Trinajstić information content (AvgIpc) is 2.73. The topological polar surface area (TPSA) is 290 Å². The van der Waals surface area contributed by atoms with Gasteiger partial charge in [-0.25, -0.2) is 13.2 Å². The van der Waals surface area contributed by atoms with E-state index in [0.717, 1.165) is 0 Å². The summed E-state index contributed by atoms with van der Waals surface area (Å²) in [5.74, 6) is -3.63. The molecule has 7 atom stereocenters. The fourth-order valence-electron chi connectivity index (χ4n) is 2.61. The molecule has 20 heteroatoms. The zero-order valence-electron chi connectivity index (χ0n) is 17.6. The highest BCUT2D eigenvalue weighted by atomic mass is 32.3. The van der Waals surface area contributed by atoms with Gasteiger partial charge in [-0.05, 0) is 6.08 Å². The summed E-state index contributed by atoms with van der Waals surface area (Å²) in [5, 5.41) is 42.0. The van der Waals surface area contributed by atoms with Crippen LogP contribution in [0.3, 0.4) is 0 Å². The highest BCUT2D eigenvalue weighted by Gasteiger charge is 2.45. The van der Waals surface area contributed by atoms with E-state index >= 15 is 0 Å². The van der Waals surface area contributed by atoms with Gasteiger partial charge in [0.05, 0.1) is 6.61 Å². The van der Waals surface area contributed by atoms with Crippen molar-refractivity contribution in [3.63, 3.8) is 0 Å². The van der Waals surface area contributed by atoms with E-state index in [1.54, 1.807) is 0 Å². The van der Waals surface area contributed by atoms with Crippen molar-refractivity contribution in [2.75, 3.05) is 6.61 Å². The summed E-state index contributed by atoms with van der Waals surface area (Å²) < 4.78 is 79.7. The number of carboxylic acid groups (broad SMARTS) is 1. The van der Waals surface area contributed by atoms with Crippen LogP contribution in [0.4, 0.5) is 0 Å². The van der Waals surface area contributed by atoms with Crippen LogP contribution in [0.25, 0.3) is 0 Å². The standard InChI is InChI=1S/C15H23NO17S2/c1-2-10(20)16-6(4-17)11(21)12(8(19)5-30-34(24,25)26)32-15-13(33-35(27,28)29)7(18)3-9(31-15)14(22)23/h3-4,6-8,11-13,15,18-19,21H,2,5H2,1H3,(H,16,20)(H,22,23)(H,24,25,26)(H,27,28,29). The number of aliphatic hydroxyl groups is 3. The first-order chi connectivity index (χ1) is 16.0.